The molecule has 2 atom stereocenters. The zero-order chi connectivity index (χ0) is 20.7. The molecule has 2 aromatic heterocycles. The van der Waals surface area contributed by atoms with Crippen molar-refractivity contribution in [2.45, 2.75) is 26.3 Å². The number of benzene rings is 2. The molecule has 0 aliphatic carbocycles. The second kappa shape index (κ2) is 7.54. The van der Waals surface area contributed by atoms with E-state index in [2.05, 4.69) is 46.1 Å². The van der Waals surface area contributed by atoms with Crippen LogP contribution in [0.15, 0.2) is 65.6 Å². The summed E-state index contributed by atoms with van der Waals surface area (Å²) in [6.45, 7) is 7.05. The molecule has 1 saturated heterocycles. The van der Waals surface area contributed by atoms with Gasteiger partial charge in [-0.25, -0.2) is 9.50 Å². The third-order valence-corrected chi connectivity index (χ3v) is 6.09. The summed E-state index contributed by atoms with van der Waals surface area (Å²) in [4.78, 5) is 22.8. The standard InChI is InChI=1S/C24H25N5O/c1-16-8-6-7-11-19(16)23-25-12-21-24(30)26-22(27-29(21)23)20-15-28(13-17(20)2)14-18-9-4-3-5-10-18/h3-12,17,20H,13-15H2,1-2H3,(H,26,27,30). The maximum absolute atomic E-state index is 12.8. The van der Waals surface area contributed by atoms with Gasteiger partial charge in [-0.1, -0.05) is 61.5 Å². The predicted octanol–water partition coefficient (Wildman–Crippen LogP) is 3.63. The summed E-state index contributed by atoms with van der Waals surface area (Å²) in [6, 6.07) is 18.6. The van der Waals surface area contributed by atoms with E-state index in [9.17, 15) is 4.79 Å². The number of aromatic amines is 1. The number of nitrogens with zero attached hydrogens (tertiary/aromatic N) is 4. The molecule has 2 aromatic carbocycles. The number of hydrogen-bond donors (Lipinski definition) is 1. The van der Waals surface area contributed by atoms with Gasteiger partial charge in [0, 0.05) is 31.1 Å². The molecule has 1 N–H and O–H groups in total. The van der Waals surface area contributed by atoms with Crippen molar-refractivity contribution in [3.63, 3.8) is 0 Å². The summed E-state index contributed by atoms with van der Waals surface area (Å²) in [5, 5.41) is 4.86. The van der Waals surface area contributed by atoms with Crippen molar-refractivity contribution in [1.82, 2.24) is 24.5 Å². The van der Waals surface area contributed by atoms with E-state index in [0.29, 0.717) is 17.3 Å². The molecule has 0 saturated carbocycles. The first-order valence-corrected chi connectivity index (χ1v) is 10.4. The Hall–Kier alpha value is -3.25. The molecule has 2 unspecified atom stereocenters. The first-order valence-electron chi connectivity index (χ1n) is 10.4. The highest BCUT2D eigenvalue weighted by molar-refractivity contribution is 5.64. The minimum absolute atomic E-state index is 0.138. The second-order valence-corrected chi connectivity index (χ2v) is 8.30. The summed E-state index contributed by atoms with van der Waals surface area (Å²) < 4.78 is 1.71. The van der Waals surface area contributed by atoms with Crippen LogP contribution in [0.3, 0.4) is 0 Å². The first kappa shape index (κ1) is 18.8. The minimum atomic E-state index is -0.138. The lowest BCUT2D eigenvalue weighted by atomic mass is 9.97. The van der Waals surface area contributed by atoms with Crippen LogP contribution in [0.1, 0.15) is 29.8 Å². The quantitative estimate of drug-likeness (QED) is 0.569. The van der Waals surface area contributed by atoms with Gasteiger partial charge in [0.2, 0.25) is 0 Å². The zero-order valence-electron chi connectivity index (χ0n) is 17.2. The summed E-state index contributed by atoms with van der Waals surface area (Å²) in [5.74, 6) is 2.03. The van der Waals surface area contributed by atoms with Crippen molar-refractivity contribution >= 4 is 5.52 Å². The molecular weight excluding hydrogens is 374 g/mol. The summed E-state index contributed by atoms with van der Waals surface area (Å²) in [5.41, 5.74) is 3.74. The Balaban J connectivity index is 1.50. The number of fused-ring (bicyclic) bond motifs is 1. The number of aromatic nitrogens is 4. The van der Waals surface area contributed by atoms with E-state index in [1.807, 2.05) is 37.3 Å². The van der Waals surface area contributed by atoms with Gasteiger partial charge in [0.25, 0.3) is 5.56 Å². The Labute approximate surface area is 175 Å². The molecule has 152 valence electrons. The van der Waals surface area contributed by atoms with Crippen LogP contribution in [0, 0.1) is 12.8 Å². The van der Waals surface area contributed by atoms with Gasteiger partial charge < -0.3 is 4.98 Å². The van der Waals surface area contributed by atoms with Crippen molar-refractivity contribution in [2.24, 2.45) is 5.92 Å². The van der Waals surface area contributed by atoms with Gasteiger partial charge in [0.15, 0.2) is 11.3 Å². The summed E-state index contributed by atoms with van der Waals surface area (Å²) >= 11 is 0. The van der Waals surface area contributed by atoms with Gasteiger partial charge >= 0.3 is 0 Å². The smallest absolute Gasteiger partial charge is 0.276 e. The van der Waals surface area contributed by atoms with Crippen LogP contribution in [-0.4, -0.2) is 37.6 Å². The Morgan fingerprint density at radius 2 is 1.83 bits per heavy atom. The van der Waals surface area contributed by atoms with Crippen molar-refractivity contribution in [1.29, 1.82) is 0 Å². The molecule has 30 heavy (non-hydrogen) atoms. The molecule has 1 aliphatic heterocycles. The van der Waals surface area contributed by atoms with Crippen molar-refractivity contribution in [2.75, 3.05) is 13.1 Å². The fourth-order valence-electron chi connectivity index (χ4n) is 4.48. The van der Waals surface area contributed by atoms with E-state index in [0.717, 1.165) is 36.6 Å². The molecular formula is C24H25N5O. The number of imidazole rings is 1. The maximum atomic E-state index is 12.8. The molecule has 6 nitrogen and oxygen atoms in total. The summed E-state index contributed by atoms with van der Waals surface area (Å²) in [6.07, 6.45) is 1.61. The molecule has 3 heterocycles. The topological polar surface area (TPSA) is 66.3 Å². The van der Waals surface area contributed by atoms with Crippen LogP contribution in [-0.2, 0) is 6.54 Å². The van der Waals surface area contributed by atoms with Crippen molar-refractivity contribution < 1.29 is 0 Å². The van der Waals surface area contributed by atoms with Gasteiger partial charge in [0.05, 0.1) is 6.20 Å². The Morgan fingerprint density at radius 3 is 2.63 bits per heavy atom. The van der Waals surface area contributed by atoms with Crippen molar-refractivity contribution in [3.8, 4) is 11.4 Å². The van der Waals surface area contributed by atoms with E-state index < -0.39 is 0 Å². The van der Waals surface area contributed by atoms with Crippen LogP contribution in [0.5, 0.6) is 0 Å². The van der Waals surface area contributed by atoms with Crippen LogP contribution < -0.4 is 5.56 Å². The predicted molar refractivity (Wildman–Crippen MR) is 117 cm³/mol. The highest BCUT2D eigenvalue weighted by atomic mass is 16.1. The fourth-order valence-corrected chi connectivity index (χ4v) is 4.48. The number of hydrogen-bond acceptors (Lipinski definition) is 4. The molecule has 0 amide bonds. The highest BCUT2D eigenvalue weighted by Crippen LogP contribution is 2.31. The third-order valence-electron chi connectivity index (χ3n) is 6.09. The average molecular weight is 399 g/mol. The van der Waals surface area contributed by atoms with E-state index in [1.165, 1.54) is 5.56 Å². The molecule has 0 spiro atoms. The average Bonchev–Trinajstić information content (AvgIpc) is 3.33. The number of rotatable bonds is 4. The summed E-state index contributed by atoms with van der Waals surface area (Å²) in [7, 11) is 0. The van der Waals surface area contributed by atoms with Crippen LogP contribution in [0.25, 0.3) is 16.9 Å². The van der Waals surface area contributed by atoms with Gasteiger partial charge in [-0.3, -0.25) is 9.69 Å². The molecule has 1 aliphatic rings. The number of likely N-dealkylation sites (tertiary alicyclic amines) is 1. The minimum Gasteiger partial charge on any atom is -0.307 e. The lowest BCUT2D eigenvalue weighted by molar-refractivity contribution is 0.318. The number of aryl methyl sites for hydroxylation is 1. The molecule has 0 bridgehead atoms. The van der Waals surface area contributed by atoms with Crippen LogP contribution in [0.2, 0.25) is 0 Å². The van der Waals surface area contributed by atoms with Crippen molar-refractivity contribution in [3.05, 3.63) is 88.1 Å². The lowest BCUT2D eigenvalue weighted by Gasteiger charge is -2.16. The SMILES string of the molecule is Cc1ccccc1-c1ncc2c(=O)[nH]c(C3CN(Cc4ccccc4)CC3C)nn12. The van der Waals surface area contributed by atoms with Crippen LogP contribution >= 0.6 is 0 Å². The molecule has 5 rings (SSSR count). The molecule has 0 radical (unpaired) electrons. The van der Waals surface area contributed by atoms with Gasteiger partial charge in [0.1, 0.15) is 5.82 Å². The van der Waals surface area contributed by atoms with Gasteiger partial charge in [-0.2, -0.15) is 5.10 Å². The molecule has 6 heteroatoms. The van der Waals surface area contributed by atoms with Crippen LogP contribution in [0.4, 0.5) is 0 Å². The Kier molecular flexibility index (Phi) is 4.71. The first-order chi connectivity index (χ1) is 14.6. The Bertz CT molecular complexity index is 1240. The van der Waals surface area contributed by atoms with E-state index in [1.54, 1.807) is 10.7 Å². The monoisotopic (exact) mass is 399 g/mol. The number of nitrogens with one attached hydrogen (secondary N) is 1. The van der Waals surface area contributed by atoms with E-state index in [-0.39, 0.29) is 11.5 Å². The van der Waals surface area contributed by atoms with E-state index >= 15 is 0 Å². The Morgan fingerprint density at radius 1 is 1.07 bits per heavy atom. The molecule has 1 fully saturated rings. The highest BCUT2D eigenvalue weighted by Gasteiger charge is 2.33. The maximum Gasteiger partial charge on any atom is 0.276 e. The fraction of sp³-hybridized carbons (Fsp3) is 0.292. The molecule has 4 aromatic rings. The largest absolute Gasteiger partial charge is 0.307 e. The normalized spacial score (nSPS) is 19.5. The number of H-pyrrole nitrogens is 1. The zero-order valence-corrected chi connectivity index (χ0v) is 17.2. The van der Waals surface area contributed by atoms with E-state index in [4.69, 9.17) is 5.10 Å². The van der Waals surface area contributed by atoms with Gasteiger partial charge in [-0.05, 0) is 24.0 Å². The van der Waals surface area contributed by atoms with Gasteiger partial charge in [-0.15, -0.1) is 0 Å². The third kappa shape index (κ3) is 3.33. The second-order valence-electron chi connectivity index (χ2n) is 8.30. The lowest BCUT2D eigenvalue weighted by Crippen LogP contribution is -2.23.